The van der Waals surface area contributed by atoms with Crippen LogP contribution in [0.2, 0.25) is 0 Å². The molecule has 0 radical (unpaired) electrons. The molecular weight excluding hydrogens is 276 g/mol. The van der Waals surface area contributed by atoms with E-state index in [9.17, 15) is 0 Å². The number of tetrazole rings is 1. The van der Waals surface area contributed by atoms with Crippen LogP contribution in [0.1, 0.15) is 52.0 Å². The van der Waals surface area contributed by atoms with Crippen LogP contribution >= 0.6 is 11.8 Å². The number of rotatable bonds is 6. The molecule has 1 aliphatic rings. The molecule has 1 aromatic heterocycles. The Morgan fingerprint density at radius 2 is 2.20 bits per heavy atom. The highest BCUT2D eigenvalue weighted by molar-refractivity contribution is 7.99. The van der Waals surface area contributed by atoms with Gasteiger partial charge in [0, 0.05) is 11.2 Å². The zero-order valence-corrected chi connectivity index (χ0v) is 12.8. The van der Waals surface area contributed by atoms with Gasteiger partial charge >= 0.3 is 0 Å². The van der Waals surface area contributed by atoms with E-state index in [0.717, 1.165) is 30.2 Å². The van der Waals surface area contributed by atoms with Crippen LogP contribution < -0.4 is 5.73 Å². The Hall–Kier alpha value is -1.31. The molecule has 2 rings (SSSR count). The number of thioether (sulfide) groups is 1. The van der Waals surface area contributed by atoms with Gasteiger partial charge in [-0.15, -0.1) is 5.10 Å². The highest BCUT2D eigenvalue weighted by Gasteiger charge is 2.25. The van der Waals surface area contributed by atoms with Crippen molar-refractivity contribution in [3.05, 3.63) is 0 Å². The van der Waals surface area contributed by atoms with Crippen LogP contribution in [0, 0.1) is 5.41 Å². The molecule has 7 nitrogen and oxygen atoms in total. The van der Waals surface area contributed by atoms with Crippen LogP contribution in [0.15, 0.2) is 10.3 Å². The Bertz CT molecular complexity index is 466. The first-order valence-corrected chi connectivity index (χ1v) is 7.92. The fourth-order valence-corrected chi connectivity index (χ4v) is 3.53. The lowest BCUT2D eigenvalue weighted by molar-refractivity contribution is 0.307. The maximum atomic E-state index is 8.76. The molecule has 0 saturated heterocycles. The normalized spacial score (nSPS) is 17.8. The zero-order valence-electron chi connectivity index (χ0n) is 12.0. The number of oxime groups is 1. The summed E-state index contributed by atoms with van der Waals surface area (Å²) in [6.07, 6.45) is 5.63. The minimum absolute atomic E-state index is 0.258. The van der Waals surface area contributed by atoms with E-state index in [1.54, 1.807) is 11.8 Å². The Morgan fingerprint density at radius 1 is 1.50 bits per heavy atom. The minimum Gasteiger partial charge on any atom is -0.409 e. The SMILES string of the molecule is CC(C)(CCSc1nnnn1C1CCCC1)C(N)=NO. The van der Waals surface area contributed by atoms with E-state index >= 15 is 0 Å². The Balaban J connectivity index is 1.90. The minimum atomic E-state index is -0.326. The Labute approximate surface area is 123 Å². The Kier molecular flexibility index (Phi) is 4.85. The summed E-state index contributed by atoms with van der Waals surface area (Å²) in [4.78, 5) is 0. The van der Waals surface area contributed by atoms with Crippen LogP contribution in [0.3, 0.4) is 0 Å². The second-order valence-corrected chi connectivity index (χ2v) is 6.87. The van der Waals surface area contributed by atoms with Crippen molar-refractivity contribution < 1.29 is 5.21 Å². The zero-order chi connectivity index (χ0) is 14.6. The maximum Gasteiger partial charge on any atom is 0.209 e. The fraction of sp³-hybridized carbons (Fsp3) is 0.833. The van der Waals surface area contributed by atoms with Crippen LogP contribution in [-0.4, -0.2) is 37.0 Å². The third-order valence-electron chi connectivity index (χ3n) is 3.89. The molecule has 0 amide bonds. The standard InChI is InChI=1S/C12H22N6OS/c1-12(2,10(13)15-19)7-8-20-11-14-16-17-18(11)9-5-3-4-6-9/h9,19H,3-8H2,1-2H3,(H2,13,15). The van der Waals surface area contributed by atoms with E-state index in [0.29, 0.717) is 6.04 Å². The second-order valence-electron chi connectivity index (χ2n) is 5.81. The molecule has 112 valence electrons. The predicted octanol–water partition coefficient (Wildman–Crippen LogP) is 2.04. The van der Waals surface area contributed by atoms with Crippen LogP contribution in [0.25, 0.3) is 0 Å². The van der Waals surface area contributed by atoms with Gasteiger partial charge in [-0.1, -0.05) is 43.6 Å². The highest BCUT2D eigenvalue weighted by atomic mass is 32.2. The van der Waals surface area contributed by atoms with Crippen LogP contribution in [-0.2, 0) is 0 Å². The van der Waals surface area contributed by atoms with E-state index in [-0.39, 0.29) is 11.3 Å². The molecule has 0 aromatic carbocycles. The van der Waals surface area contributed by atoms with Gasteiger partial charge in [-0.3, -0.25) is 0 Å². The third-order valence-corrected chi connectivity index (χ3v) is 4.83. The molecular formula is C12H22N6OS. The van der Waals surface area contributed by atoms with Gasteiger partial charge in [0.2, 0.25) is 5.16 Å². The van der Waals surface area contributed by atoms with E-state index in [2.05, 4.69) is 20.7 Å². The van der Waals surface area contributed by atoms with E-state index in [4.69, 9.17) is 10.9 Å². The van der Waals surface area contributed by atoms with Crippen LogP contribution in [0.5, 0.6) is 0 Å². The number of nitrogens with zero attached hydrogens (tertiary/aromatic N) is 5. The summed E-state index contributed by atoms with van der Waals surface area (Å²) in [5.74, 6) is 1.09. The van der Waals surface area contributed by atoms with E-state index in [1.165, 1.54) is 12.8 Å². The van der Waals surface area contributed by atoms with Gasteiger partial charge in [0.25, 0.3) is 0 Å². The largest absolute Gasteiger partial charge is 0.409 e. The summed E-state index contributed by atoms with van der Waals surface area (Å²) < 4.78 is 1.95. The lowest BCUT2D eigenvalue weighted by Gasteiger charge is -2.22. The highest BCUT2D eigenvalue weighted by Crippen LogP contribution is 2.32. The van der Waals surface area contributed by atoms with Gasteiger partial charge in [0.15, 0.2) is 0 Å². The van der Waals surface area contributed by atoms with Crippen molar-refractivity contribution in [1.29, 1.82) is 0 Å². The average molecular weight is 298 g/mol. The fourth-order valence-electron chi connectivity index (χ4n) is 2.32. The molecule has 20 heavy (non-hydrogen) atoms. The van der Waals surface area contributed by atoms with Crippen molar-refractivity contribution in [2.45, 2.75) is 57.1 Å². The second kappa shape index (κ2) is 6.43. The smallest absolute Gasteiger partial charge is 0.209 e. The number of aromatic nitrogens is 4. The first kappa shape index (κ1) is 15.1. The number of amidine groups is 1. The van der Waals surface area contributed by atoms with Crippen molar-refractivity contribution in [1.82, 2.24) is 20.2 Å². The number of hydrogen-bond acceptors (Lipinski definition) is 6. The van der Waals surface area contributed by atoms with Crippen molar-refractivity contribution in [2.75, 3.05) is 5.75 Å². The van der Waals surface area contributed by atoms with Crippen molar-refractivity contribution in [2.24, 2.45) is 16.3 Å². The number of nitrogens with two attached hydrogens (primary N) is 1. The lowest BCUT2D eigenvalue weighted by Crippen LogP contribution is -2.32. The molecule has 0 atom stereocenters. The van der Waals surface area contributed by atoms with Crippen LogP contribution in [0.4, 0.5) is 0 Å². The first-order chi connectivity index (χ1) is 9.54. The summed E-state index contributed by atoms with van der Waals surface area (Å²) in [7, 11) is 0. The molecule has 0 bridgehead atoms. The van der Waals surface area contributed by atoms with Crippen molar-refractivity contribution in [3.63, 3.8) is 0 Å². The summed E-state index contributed by atoms with van der Waals surface area (Å²) in [5, 5.41) is 24.7. The summed E-state index contributed by atoms with van der Waals surface area (Å²) >= 11 is 1.63. The molecule has 3 N–H and O–H groups in total. The summed E-state index contributed by atoms with van der Waals surface area (Å²) in [5.41, 5.74) is 5.36. The van der Waals surface area contributed by atoms with Gasteiger partial charge in [0.1, 0.15) is 5.84 Å². The van der Waals surface area contributed by atoms with Gasteiger partial charge < -0.3 is 10.9 Å². The summed E-state index contributed by atoms with van der Waals surface area (Å²) in [6.45, 7) is 3.92. The first-order valence-electron chi connectivity index (χ1n) is 6.93. The molecule has 1 saturated carbocycles. The topological polar surface area (TPSA) is 102 Å². The lowest BCUT2D eigenvalue weighted by atomic mass is 9.89. The molecule has 8 heteroatoms. The average Bonchev–Trinajstić information content (AvgIpc) is 3.07. The van der Waals surface area contributed by atoms with Gasteiger partial charge in [-0.05, 0) is 29.7 Å². The molecule has 0 unspecified atom stereocenters. The third kappa shape index (κ3) is 3.41. The molecule has 1 aromatic rings. The monoisotopic (exact) mass is 298 g/mol. The molecule has 1 heterocycles. The van der Waals surface area contributed by atoms with Gasteiger partial charge in [-0.25, -0.2) is 4.68 Å². The van der Waals surface area contributed by atoms with Crippen molar-refractivity contribution >= 4 is 17.6 Å². The molecule has 1 fully saturated rings. The molecule has 1 aliphatic carbocycles. The summed E-state index contributed by atoms with van der Waals surface area (Å²) in [6, 6.07) is 0.449. The van der Waals surface area contributed by atoms with E-state index < -0.39 is 0 Å². The molecule has 0 spiro atoms. The maximum absolute atomic E-state index is 8.76. The number of hydrogen-bond donors (Lipinski definition) is 2. The van der Waals surface area contributed by atoms with Gasteiger partial charge in [-0.2, -0.15) is 0 Å². The van der Waals surface area contributed by atoms with Crippen molar-refractivity contribution in [3.8, 4) is 0 Å². The Morgan fingerprint density at radius 3 is 2.85 bits per heavy atom. The molecule has 0 aliphatic heterocycles. The van der Waals surface area contributed by atoms with E-state index in [1.807, 2.05) is 18.5 Å². The van der Waals surface area contributed by atoms with Gasteiger partial charge in [0.05, 0.1) is 6.04 Å². The quantitative estimate of drug-likeness (QED) is 0.274. The predicted molar refractivity (Wildman–Crippen MR) is 77.9 cm³/mol.